The number of rotatable bonds is 4. The molecule has 0 amide bonds. The van der Waals surface area contributed by atoms with E-state index in [2.05, 4.69) is 17.4 Å². The lowest BCUT2D eigenvalue weighted by molar-refractivity contribution is -0.0434. The van der Waals surface area contributed by atoms with Gasteiger partial charge < -0.3 is 14.8 Å². The zero-order chi connectivity index (χ0) is 15.4. The second kappa shape index (κ2) is 7.14. The van der Waals surface area contributed by atoms with E-state index >= 15 is 0 Å². The van der Waals surface area contributed by atoms with Crippen LogP contribution in [0.5, 0.6) is 5.75 Å². The molecule has 116 valence electrons. The van der Waals surface area contributed by atoms with Crippen molar-refractivity contribution in [3.8, 4) is 5.75 Å². The Labute approximate surface area is 136 Å². The summed E-state index contributed by atoms with van der Waals surface area (Å²) >= 11 is 6.21. The van der Waals surface area contributed by atoms with Gasteiger partial charge >= 0.3 is 0 Å². The number of ether oxygens (including phenoxy) is 2. The molecule has 0 aliphatic carbocycles. The van der Waals surface area contributed by atoms with Crippen LogP contribution in [0.2, 0.25) is 5.02 Å². The van der Waals surface area contributed by atoms with Gasteiger partial charge in [-0.2, -0.15) is 0 Å². The molecule has 2 atom stereocenters. The average Bonchev–Trinajstić information content (AvgIpc) is 2.58. The van der Waals surface area contributed by atoms with Gasteiger partial charge in [0, 0.05) is 23.7 Å². The number of morpholine rings is 1. The van der Waals surface area contributed by atoms with Crippen molar-refractivity contribution in [1.82, 2.24) is 5.32 Å². The molecule has 0 aromatic heterocycles. The van der Waals surface area contributed by atoms with Gasteiger partial charge in [0.1, 0.15) is 11.9 Å². The van der Waals surface area contributed by atoms with Crippen molar-refractivity contribution >= 4 is 11.6 Å². The molecule has 4 heteroatoms. The van der Waals surface area contributed by atoms with Gasteiger partial charge in [-0.05, 0) is 24.6 Å². The largest absolute Gasteiger partial charge is 0.483 e. The molecule has 2 aromatic carbocycles. The second-order valence-corrected chi connectivity index (χ2v) is 5.83. The SMILES string of the molecule is Cc1c(Cl)cccc1O[C@@H](c1ccccc1)[C@@H]1CNCCO1. The van der Waals surface area contributed by atoms with E-state index in [-0.39, 0.29) is 12.2 Å². The Bertz CT molecular complexity index is 612. The van der Waals surface area contributed by atoms with Crippen LogP contribution in [-0.4, -0.2) is 25.8 Å². The summed E-state index contributed by atoms with van der Waals surface area (Å²) in [5, 5.41) is 4.08. The van der Waals surface area contributed by atoms with Crippen molar-refractivity contribution in [2.75, 3.05) is 19.7 Å². The number of benzene rings is 2. The zero-order valence-corrected chi connectivity index (χ0v) is 13.3. The highest BCUT2D eigenvalue weighted by molar-refractivity contribution is 6.31. The zero-order valence-electron chi connectivity index (χ0n) is 12.6. The summed E-state index contributed by atoms with van der Waals surface area (Å²) in [6.45, 7) is 4.33. The quantitative estimate of drug-likeness (QED) is 0.931. The number of halogens is 1. The van der Waals surface area contributed by atoms with E-state index in [1.807, 2.05) is 43.3 Å². The van der Waals surface area contributed by atoms with E-state index in [0.717, 1.165) is 30.0 Å². The van der Waals surface area contributed by atoms with Gasteiger partial charge in [0.05, 0.1) is 6.61 Å². The van der Waals surface area contributed by atoms with Crippen LogP contribution in [0.15, 0.2) is 48.5 Å². The summed E-state index contributed by atoms with van der Waals surface area (Å²) in [5.41, 5.74) is 2.06. The first-order chi connectivity index (χ1) is 10.8. The van der Waals surface area contributed by atoms with Crippen molar-refractivity contribution in [1.29, 1.82) is 0 Å². The number of hydrogen-bond acceptors (Lipinski definition) is 3. The fourth-order valence-corrected chi connectivity index (χ4v) is 2.80. The van der Waals surface area contributed by atoms with Crippen LogP contribution in [0.25, 0.3) is 0 Å². The van der Waals surface area contributed by atoms with Crippen LogP contribution in [0.1, 0.15) is 17.2 Å². The summed E-state index contributed by atoms with van der Waals surface area (Å²) in [5.74, 6) is 0.801. The molecule has 1 aliphatic rings. The first kappa shape index (κ1) is 15.3. The minimum Gasteiger partial charge on any atom is -0.483 e. The van der Waals surface area contributed by atoms with E-state index in [0.29, 0.717) is 11.6 Å². The molecule has 3 nitrogen and oxygen atoms in total. The van der Waals surface area contributed by atoms with Gasteiger partial charge in [-0.25, -0.2) is 0 Å². The molecule has 2 aromatic rings. The summed E-state index contributed by atoms with van der Waals surface area (Å²) in [4.78, 5) is 0. The van der Waals surface area contributed by atoms with E-state index in [4.69, 9.17) is 21.1 Å². The first-order valence-corrected chi connectivity index (χ1v) is 7.92. The molecule has 0 unspecified atom stereocenters. The highest BCUT2D eigenvalue weighted by Crippen LogP contribution is 2.32. The minimum absolute atomic E-state index is 0.0190. The van der Waals surface area contributed by atoms with Crippen LogP contribution in [0.3, 0.4) is 0 Å². The molecule has 0 radical (unpaired) electrons. The Kier molecular flexibility index (Phi) is 4.98. The van der Waals surface area contributed by atoms with Crippen molar-refractivity contribution in [3.05, 3.63) is 64.7 Å². The summed E-state index contributed by atoms with van der Waals surface area (Å²) < 4.78 is 12.2. The lowest BCUT2D eigenvalue weighted by atomic mass is 10.0. The molecule has 1 aliphatic heterocycles. The van der Waals surface area contributed by atoms with Gasteiger partial charge in [0.2, 0.25) is 0 Å². The maximum Gasteiger partial charge on any atom is 0.151 e. The normalized spacial score (nSPS) is 19.6. The van der Waals surface area contributed by atoms with Crippen LogP contribution in [0, 0.1) is 6.92 Å². The third-order valence-corrected chi connectivity index (χ3v) is 4.30. The Morgan fingerprint density at radius 1 is 1.18 bits per heavy atom. The molecule has 0 spiro atoms. The van der Waals surface area contributed by atoms with Gasteiger partial charge in [-0.3, -0.25) is 0 Å². The fourth-order valence-electron chi connectivity index (χ4n) is 2.63. The van der Waals surface area contributed by atoms with E-state index in [9.17, 15) is 0 Å². The van der Waals surface area contributed by atoms with Crippen LogP contribution in [-0.2, 0) is 4.74 Å². The predicted octanol–water partition coefficient (Wildman–Crippen LogP) is 3.76. The topological polar surface area (TPSA) is 30.5 Å². The van der Waals surface area contributed by atoms with Crippen molar-refractivity contribution in [3.63, 3.8) is 0 Å². The predicted molar refractivity (Wildman–Crippen MR) is 88.6 cm³/mol. The van der Waals surface area contributed by atoms with Crippen LogP contribution < -0.4 is 10.1 Å². The maximum absolute atomic E-state index is 6.30. The van der Waals surface area contributed by atoms with E-state index in [1.54, 1.807) is 0 Å². The van der Waals surface area contributed by atoms with Crippen LogP contribution >= 0.6 is 11.6 Å². The lowest BCUT2D eigenvalue weighted by Gasteiger charge is -2.32. The Morgan fingerprint density at radius 3 is 2.73 bits per heavy atom. The van der Waals surface area contributed by atoms with Gasteiger partial charge in [0.25, 0.3) is 0 Å². The van der Waals surface area contributed by atoms with Gasteiger partial charge in [-0.1, -0.05) is 48.0 Å². The highest BCUT2D eigenvalue weighted by atomic mass is 35.5. The second-order valence-electron chi connectivity index (χ2n) is 5.43. The van der Waals surface area contributed by atoms with Crippen molar-refractivity contribution in [2.45, 2.75) is 19.1 Å². The fraction of sp³-hybridized carbons (Fsp3) is 0.333. The van der Waals surface area contributed by atoms with Gasteiger partial charge in [0.15, 0.2) is 6.10 Å². The molecule has 0 saturated carbocycles. The van der Waals surface area contributed by atoms with Crippen LogP contribution in [0.4, 0.5) is 0 Å². The first-order valence-electron chi connectivity index (χ1n) is 7.55. The Hall–Kier alpha value is -1.55. The average molecular weight is 318 g/mol. The molecule has 1 heterocycles. The standard InChI is InChI=1S/C18H20ClNO2/c1-13-15(19)8-5-9-16(13)22-18(14-6-3-2-4-7-14)17-12-20-10-11-21-17/h2-9,17-18,20H,10-12H2,1H3/t17-,18-/m0/s1. The molecular weight excluding hydrogens is 298 g/mol. The maximum atomic E-state index is 6.30. The van der Waals surface area contributed by atoms with Gasteiger partial charge in [-0.15, -0.1) is 0 Å². The Morgan fingerprint density at radius 2 is 2.00 bits per heavy atom. The monoisotopic (exact) mass is 317 g/mol. The Balaban J connectivity index is 1.89. The van der Waals surface area contributed by atoms with E-state index < -0.39 is 0 Å². The number of nitrogens with one attached hydrogen (secondary N) is 1. The molecule has 1 saturated heterocycles. The number of hydrogen-bond donors (Lipinski definition) is 1. The minimum atomic E-state index is -0.161. The third kappa shape index (κ3) is 3.43. The van der Waals surface area contributed by atoms with Crippen molar-refractivity contribution in [2.24, 2.45) is 0 Å². The molecular formula is C18H20ClNO2. The summed E-state index contributed by atoms with van der Waals surface area (Å²) in [6, 6.07) is 15.9. The summed E-state index contributed by atoms with van der Waals surface area (Å²) in [7, 11) is 0. The smallest absolute Gasteiger partial charge is 0.151 e. The summed E-state index contributed by atoms with van der Waals surface area (Å²) in [6.07, 6.45) is -0.180. The highest BCUT2D eigenvalue weighted by Gasteiger charge is 2.28. The molecule has 0 bridgehead atoms. The van der Waals surface area contributed by atoms with Crippen molar-refractivity contribution < 1.29 is 9.47 Å². The third-order valence-electron chi connectivity index (χ3n) is 3.89. The molecule has 1 fully saturated rings. The molecule has 3 rings (SSSR count). The van der Waals surface area contributed by atoms with E-state index in [1.165, 1.54) is 0 Å². The molecule has 22 heavy (non-hydrogen) atoms. The lowest BCUT2D eigenvalue weighted by Crippen LogP contribution is -2.43. The molecule has 1 N–H and O–H groups in total.